The predicted molar refractivity (Wildman–Crippen MR) is 109 cm³/mol. The average Bonchev–Trinajstić information content (AvgIpc) is 2.99. The van der Waals surface area contributed by atoms with E-state index in [0.717, 1.165) is 43.4 Å². The van der Waals surface area contributed by atoms with E-state index in [4.69, 9.17) is 4.43 Å². The Hall–Kier alpha value is -1.91. The van der Waals surface area contributed by atoms with E-state index in [1.165, 1.54) is 0 Å². The van der Waals surface area contributed by atoms with Crippen LogP contribution in [0, 0.1) is 5.41 Å². The van der Waals surface area contributed by atoms with E-state index in [9.17, 15) is 4.79 Å². The van der Waals surface area contributed by atoms with Gasteiger partial charge < -0.3 is 9.33 Å². The summed E-state index contributed by atoms with van der Waals surface area (Å²) in [7, 11) is 0.535. The Labute approximate surface area is 159 Å². The summed E-state index contributed by atoms with van der Waals surface area (Å²) in [4.78, 5) is 15.5. The molecule has 0 aliphatic carbocycles. The van der Waals surface area contributed by atoms with Crippen LogP contribution in [-0.2, 0) is 14.9 Å². The van der Waals surface area contributed by atoms with Crippen LogP contribution in [0.5, 0.6) is 0 Å². The van der Waals surface area contributed by atoms with Crippen LogP contribution >= 0.6 is 0 Å². The summed E-state index contributed by atoms with van der Waals surface area (Å²) < 4.78 is 6.31. The Morgan fingerprint density at radius 3 is 2.08 bits per heavy atom. The number of carbonyl (C=O) groups is 1. The summed E-state index contributed by atoms with van der Waals surface area (Å²) >= 11 is 0. The van der Waals surface area contributed by atoms with Crippen molar-refractivity contribution < 1.29 is 9.22 Å². The molecule has 0 N–H and O–H groups in total. The molecule has 1 saturated heterocycles. The fraction of sp³-hybridized carbons (Fsp3) is 0.409. The third-order valence-corrected chi connectivity index (χ3v) is 6.33. The maximum Gasteiger partial charge on any atom is 0.231 e. The van der Waals surface area contributed by atoms with Crippen LogP contribution in [-0.4, -0.2) is 27.8 Å². The SMILES string of the molecule is CCCCC1(C)CCN(C(O[SiH3])(c2ccccc2)c2ccccc2)C1=O. The second kappa shape index (κ2) is 7.76. The molecule has 2 aromatic carbocycles. The maximum atomic E-state index is 13.5. The molecular weight excluding hydrogens is 338 g/mol. The van der Waals surface area contributed by atoms with E-state index in [0.29, 0.717) is 10.5 Å². The van der Waals surface area contributed by atoms with Gasteiger partial charge in [0.1, 0.15) is 10.5 Å². The zero-order valence-electron chi connectivity index (χ0n) is 16.1. The largest absolute Gasteiger partial charge is 0.399 e. The van der Waals surface area contributed by atoms with Gasteiger partial charge in [0, 0.05) is 23.1 Å². The predicted octanol–water partition coefficient (Wildman–Crippen LogP) is 3.61. The summed E-state index contributed by atoms with van der Waals surface area (Å²) in [5.41, 5.74) is 0.935. The molecule has 3 rings (SSSR count). The van der Waals surface area contributed by atoms with Gasteiger partial charge in [0.05, 0.1) is 0 Å². The van der Waals surface area contributed by atoms with Crippen LogP contribution in [0.2, 0.25) is 0 Å². The van der Waals surface area contributed by atoms with Crippen LogP contribution in [0.3, 0.4) is 0 Å². The maximum absolute atomic E-state index is 13.5. The first-order valence-corrected chi connectivity index (χ1v) is 10.4. The molecule has 4 heteroatoms. The topological polar surface area (TPSA) is 29.5 Å². The third kappa shape index (κ3) is 3.12. The lowest BCUT2D eigenvalue weighted by atomic mass is 9.83. The number of unbranched alkanes of at least 4 members (excludes halogenated alkanes) is 1. The fourth-order valence-electron chi connectivity index (χ4n) is 4.14. The first-order valence-electron chi connectivity index (χ1n) is 9.57. The molecule has 1 aliphatic heterocycles. The van der Waals surface area contributed by atoms with Crippen molar-refractivity contribution >= 4 is 16.4 Å². The molecule has 3 nitrogen and oxygen atoms in total. The van der Waals surface area contributed by atoms with Gasteiger partial charge in [-0.1, -0.05) is 87.4 Å². The highest BCUT2D eigenvalue weighted by Crippen LogP contribution is 2.45. The normalized spacial score (nSPS) is 20.7. The van der Waals surface area contributed by atoms with Crippen LogP contribution in [0.25, 0.3) is 0 Å². The van der Waals surface area contributed by atoms with Crippen LogP contribution in [0.15, 0.2) is 60.7 Å². The van der Waals surface area contributed by atoms with E-state index in [-0.39, 0.29) is 11.3 Å². The number of benzene rings is 2. The lowest BCUT2D eigenvalue weighted by Crippen LogP contribution is -2.51. The number of likely N-dealkylation sites (tertiary alicyclic amines) is 1. The first kappa shape index (κ1) is 18.9. The Kier molecular flexibility index (Phi) is 5.63. The van der Waals surface area contributed by atoms with Crippen LogP contribution in [0.4, 0.5) is 0 Å². The second-order valence-electron chi connectivity index (χ2n) is 7.45. The monoisotopic (exact) mass is 367 g/mol. The Balaban J connectivity index is 2.09. The van der Waals surface area contributed by atoms with Gasteiger partial charge in [0.25, 0.3) is 0 Å². The van der Waals surface area contributed by atoms with Crippen molar-refractivity contribution in [2.24, 2.45) is 5.41 Å². The zero-order chi connectivity index (χ0) is 18.6. The van der Waals surface area contributed by atoms with E-state index < -0.39 is 5.72 Å². The number of hydrogen-bond acceptors (Lipinski definition) is 2. The van der Waals surface area contributed by atoms with Gasteiger partial charge >= 0.3 is 0 Å². The molecule has 138 valence electrons. The van der Waals surface area contributed by atoms with Gasteiger partial charge in [-0.15, -0.1) is 0 Å². The standard InChI is InChI=1S/C22H29NO2Si/c1-3-4-15-21(2)16-17-23(20(21)24)22(25-26,18-11-7-5-8-12-18)19-13-9-6-10-14-19/h5-14H,3-4,15-17H2,1-2,26H3. The number of carbonyl (C=O) groups excluding carboxylic acids is 1. The highest BCUT2D eigenvalue weighted by molar-refractivity contribution is 5.99. The lowest BCUT2D eigenvalue weighted by molar-refractivity contribution is -0.150. The molecule has 1 atom stereocenters. The molecule has 2 aromatic rings. The Morgan fingerprint density at radius 1 is 1.08 bits per heavy atom. The molecule has 1 aliphatic rings. The van der Waals surface area contributed by atoms with Crippen LogP contribution < -0.4 is 0 Å². The third-order valence-electron chi connectivity index (χ3n) is 5.74. The quantitative estimate of drug-likeness (QED) is 0.700. The van der Waals surface area contributed by atoms with Crippen molar-refractivity contribution in [1.29, 1.82) is 0 Å². The van der Waals surface area contributed by atoms with E-state index in [2.05, 4.69) is 38.1 Å². The molecule has 1 heterocycles. The van der Waals surface area contributed by atoms with Gasteiger partial charge in [0.2, 0.25) is 5.91 Å². The molecule has 1 unspecified atom stereocenters. The van der Waals surface area contributed by atoms with E-state index >= 15 is 0 Å². The number of amides is 1. The van der Waals surface area contributed by atoms with E-state index in [1.807, 2.05) is 41.3 Å². The number of rotatable bonds is 7. The van der Waals surface area contributed by atoms with Crippen molar-refractivity contribution in [2.45, 2.75) is 45.3 Å². The minimum absolute atomic E-state index is 0.217. The second-order valence-corrected chi connectivity index (χ2v) is 7.86. The molecule has 0 saturated carbocycles. The van der Waals surface area contributed by atoms with Crippen LogP contribution in [0.1, 0.15) is 50.7 Å². The Morgan fingerprint density at radius 2 is 1.62 bits per heavy atom. The molecule has 0 aromatic heterocycles. The number of nitrogens with zero attached hydrogens (tertiary/aromatic N) is 1. The highest BCUT2D eigenvalue weighted by atomic mass is 28.2. The average molecular weight is 368 g/mol. The Bertz CT molecular complexity index is 695. The van der Waals surface area contributed by atoms with Gasteiger partial charge in [-0.3, -0.25) is 4.79 Å². The minimum atomic E-state index is -0.824. The van der Waals surface area contributed by atoms with Crippen molar-refractivity contribution in [1.82, 2.24) is 4.90 Å². The fourth-order valence-corrected chi connectivity index (χ4v) is 4.84. The number of hydrogen-bond donors (Lipinski definition) is 0. The molecule has 0 spiro atoms. The lowest BCUT2D eigenvalue weighted by Gasteiger charge is -2.43. The summed E-state index contributed by atoms with van der Waals surface area (Å²) in [5, 5.41) is 0. The smallest absolute Gasteiger partial charge is 0.231 e. The molecule has 0 radical (unpaired) electrons. The molecule has 26 heavy (non-hydrogen) atoms. The summed E-state index contributed by atoms with van der Waals surface area (Å²) in [6.07, 6.45) is 4.03. The summed E-state index contributed by atoms with van der Waals surface area (Å²) in [6.45, 7) is 5.03. The van der Waals surface area contributed by atoms with Gasteiger partial charge in [-0.25, -0.2) is 0 Å². The van der Waals surface area contributed by atoms with Gasteiger partial charge in [-0.2, -0.15) is 0 Å². The van der Waals surface area contributed by atoms with Crippen molar-refractivity contribution in [3.05, 3.63) is 71.8 Å². The zero-order valence-corrected chi connectivity index (χ0v) is 18.1. The first-order chi connectivity index (χ1) is 12.6. The molecule has 1 amide bonds. The summed E-state index contributed by atoms with van der Waals surface area (Å²) in [5.74, 6) is 0.217. The minimum Gasteiger partial charge on any atom is -0.399 e. The molecular formula is C22H29NO2Si. The molecule has 0 bridgehead atoms. The van der Waals surface area contributed by atoms with Crippen molar-refractivity contribution in [3.8, 4) is 0 Å². The van der Waals surface area contributed by atoms with Gasteiger partial charge in [-0.05, 0) is 12.8 Å². The van der Waals surface area contributed by atoms with Crippen molar-refractivity contribution in [3.63, 3.8) is 0 Å². The van der Waals surface area contributed by atoms with Gasteiger partial charge in [0.15, 0.2) is 5.72 Å². The summed E-state index contributed by atoms with van der Waals surface area (Å²) in [6, 6.07) is 20.4. The van der Waals surface area contributed by atoms with E-state index in [1.54, 1.807) is 0 Å². The highest BCUT2D eigenvalue weighted by Gasteiger charge is 2.52. The molecule has 1 fully saturated rings. The van der Waals surface area contributed by atoms with Crippen molar-refractivity contribution in [2.75, 3.05) is 6.54 Å².